The van der Waals surface area contributed by atoms with E-state index in [1.807, 2.05) is 7.05 Å². The lowest BCUT2D eigenvalue weighted by Gasteiger charge is -2.13. The van der Waals surface area contributed by atoms with E-state index < -0.39 is 0 Å². The van der Waals surface area contributed by atoms with Crippen molar-refractivity contribution in [3.63, 3.8) is 0 Å². The highest BCUT2D eigenvalue weighted by atomic mass is 32.1. The number of nitrogens with one attached hydrogen (secondary N) is 1. The van der Waals surface area contributed by atoms with Crippen molar-refractivity contribution in [2.45, 2.75) is 46.0 Å². The lowest BCUT2D eigenvalue weighted by molar-refractivity contribution is 0.581. The Kier molecular flexibility index (Phi) is 3.97. The molecule has 0 radical (unpaired) electrons. The Morgan fingerprint density at radius 2 is 1.89 bits per heavy atom. The SMILES string of the molecule is CNc1nc(-c2sc(C(C)(C)C)nc2C(C)C)cs1. The summed E-state index contributed by atoms with van der Waals surface area (Å²) in [5.41, 5.74) is 2.31. The second-order valence-corrected chi connectivity index (χ2v) is 7.78. The molecule has 0 aliphatic rings. The summed E-state index contributed by atoms with van der Waals surface area (Å²) >= 11 is 3.42. The number of rotatable bonds is 3. The smallest absolute Gasteiger partial charge is 0.182 e. The zero-order valence-corrected chi connectivity index (χ0v) is 14.0. The van der Waals surface area contributed by atoms with Crippen LogP contribution in [0.5, 0.6) is 0 Å². The zero-order valence-electron chi connectivity index (χ0n) is 12.4. The lowest BCUT2D eigenvalue weighted by Crippen LogP contribution is -2.10. The molecule has 0 fully saturated rings. The minimum atomic E-state index is 0.0917. The zero-order chi connectivity index (χ0) is 14.2. The second-order valence-electron chi connectivity index (χ2n) is 5.93. The number of anilines is 1. The van der Waals surface area contributed by atoms with E-state index in [-0.39, 0.29) is 5.41 Å². The Morgan fingerprint density at radius 3 is 2.37 bits per heavy atom. The molecule has 104 valence electrons. The molecule has 3 nitrogen and oxygen atoms in total. The van der Waals surface area contributed by atoms with Gasteiger partial charge in [-0.1, -0.05) is 34.6 Å². The van der Waals surface area contributed by atoms with Crippen LogP contribution in [0.1, 0.15) is 51.2 Å². The maximum atomic E-state index is 4.86. The van der Waals surface area contributed by atoms with Crippen LogP contribution in [0, 0.1) is 0 Å². The Bertz CT molecular complexity index is 561. The summed E-state index contributed by atoms with van der Waals surface area (Å²) in [7, 11) is 1.90. The number of hydrogen-bond donors (Lipinski definition) is 1. The Balaban J connectivity index is 2.52. The van der Waals surface area contributed by atoms with Gasteiger partial charge in [0.25, 0.3) is 0 Å². The summed E-state index contributed by atoms with van der Waals surface area (Å²) in [5, 5.41) is 7.34. The molecular formula is C14H21N3S2. The molecule has 0 amide bonds. The second kappa shape index (κ2) is 5.21. The monoisotopic (exact) mass is 295 g/mol. The Hall–Kier alpha value is -0.940. The van der Waals surface area contributed by atoms with Gasteiger partial charge >= 0.3 is 0 Å². The predicted molar refractivity (Wildman–Crippen MR) is 85.6 cm³/mol. The number of thiazole rings is 2. The van der Waals surface area contributed by atoms with Crippen molar-refractivity contribution in [1.29, 1.82) is 0 Å². The first-order chi connectivity index (χ1) is 8.82. The van der Waals surface area contributed by atoms with Crippen LogP contribution in [0.4, 0.5) is 5.13 Å². The summed E-state index contributed by atoms with van der Waals surface area (Å²) in [6.07, 6.45) is 0. The fourth-order valence-electron chi connectivity index (χ4n) is 1.72. The molecule has 0 atom stereocenters. The van der Waals surface area contributed by atoms with Gasteiger partial charge in [-0.25, -0.2) is 9.97 Å². The normalized spacial score (nSPS) is 12.2. The van der Waals surface area contributed by atoms with Crippen LogP contribution in [-0.4, -0.2) is 17.0 Å². The third-order valence-corrected chi connectivity index (χ3v) is 5.17. The summed E-state index contributed by atoms with van der Waals surface area (Å²) in [6, 6.07) is 0. The molecule has 2 heterocycles. The van der Waals surface area contributed by atoms with Gasteiger partial charge in [0.05, 0.1) is 21.3 Å². The van der Waals surface area contributed by atoms with Crippen LogP contribution >= 0.6 is 22.7 Å². The number of aromatic nitrogens is 2. The third kappa shape index (κ3) is 2.98. The molecule has 0 bridgehead atoms. The van der Waals surface area contributed by atoms with Crippen molar-refractivity contribution < 1.29 is 0 Å². The predicted octanol–water partition coefficient (Wildman–Crippen LogP) is 4.73. The van der Waals surface area contributed by atoms with E-state index in [0.29, 0.717) is 5.92 Å². The van der Waals surface area contributed by atoms with Gasteiger partial charge in [-0.15, -0.1) is 22.7 Å². The molecule has 0 saturated carbocycles. The fourth-order valence-corrected chi connectivity index (χ4v) is 3.70. The minimum Gasteiger partial charge on any atom is -0.365 e. The first-order valence-corrected chi connectivity index (χ1v) is 8.17. The van der Waals surface area contributed by atoms with Gasteiger partial charge in [-0.2, -0.15) is 0 Å². The molecule has 0 saturated heterocycles. The van der Waals surface area contributed by atoms with Gasteiger partial charge in [-0.05, 0) is 5.92 Å². The van der Waals surface area contributed by atoms with Crippen LogP contribution in [0.15, 0.2) is 5.38 Å². The molecule has 2 rings (SSSR count). The maximum Gasteiger partial charge on any atom is 0.182 e. The molecule has 1 N–H and O–H groups in total. The van der Waals surface area contributed by atoms with E-state index >= 15 is 0 Å². The summed E-state index contributed by atoms with van der Waals surface area (Å²) in [5.74, 6) is 0.419. The van der Waals surface area contributed by atoms with Crippen molar-refractivity contribution in [2.24, 2.45) is 0 Å². The molecule has 5 heteroatoms. The molecule has 19 heavy (non-hydrogen) atoms. The average Bonchev–Trinajstić information content (AvgIpc) is 2.94. The standard InChI is InChI=1S/C14H21N3S2/c1-8(2)10-11(9-7-18-13(15-6)16-9)19-12(17-10)14(3,4)5/h7-8H,1-6H3,(H,15,16). The van der Waals surface area contributed by atoms with E-state index in [1.54, 1.807) is 22.7 Å². The highest BCUT2D eigenvalue weighted by Crippen LogP contribution is 2.39. The topological polar surface area (TPSA) is 37.8 Å². The fraction of sp³-hybridized carbons (Fsp3) is 0.571. The minimum absolute atomic E-state index is 0.0917. The number of hydrogen-bond acceptors (Lipinski definition) is 5. The van der Waals surface area contributed by atoms with E-state index in [4.69, 9.17) is 4.98 Å². The van der Waals surface area contributed by atoms with Gasteiger partial charge in [0.1, 0.15) is 0 Å². The quantitative estimate of drug-likeness (QED) is 0.889. The van der Waals surface area contributed by atoms with E-state index in [9.17, 15) is 0 Å². The lowest BCUT2D eigenvalue weighted by atomic mass is 9.98. The molecule has 0 spiro atoms. The highest BCUT2D eigenvalue weighted by Gasteiger charge is 2.24. The van der Waals surface area contributed by atoms with Gasteiger partial charge in [0.2, 0.25) is 0 Å². The Morgan fingerprint density at radius 1 is 1.21 bits per heavy atom. The van der Waals surface area contributed by atoms with Crippen LogP contribution in [0.25, 0.3) is 10.6 Å². The van der Waals surface area contributed by atoms with Gasteiger partial charge < -0.3 is 5.32 Å². The molecule has 0 unspecified atom stereocenters. The van der Waals surface area contributed by atoms with E-state index in [0.717, 1.165) is 10.8 Å². The third-order valence-electron chi connectivity index (χ3n) is 2.79. The van der Waals surface area contributed by atoms with Crippen molar-refractivity contribution in [3.05, 3.63) is 16.1 Å². The first-order valence-electron chi connectivity index (χ1n) is 6.47. The molecule has 0 aliphatic carbocycles. The van der Waals surface area contributed by atoms with Crippen molar-refractivity contribution in [3.8, 4) is 10.6 Å². The van der Waals surface area contributed by atoms with Gasteiger partial charge in [0, 0.05) is 17.8 Å². The number of nitrogens with zero attached hydrogens (tertiary/aromatic N) is 2. The molecule has 0 aromatic carbocycles. The molecule has 2 aromatic rings. The van der Waals surface area contributed by atoms with Crippen LogP contribution in [0.3, 0.4) is 0 Å². The van der Waals surface area contributed by atoms with Crippen molar-refractivity contribution in [1.82, 2.24) is 9.97 Å². The molecule has 2 aromatic heterocycles. The van der Waals surface area contributed by atoms with Crippen molar-refractivity contribution in [2.75, 3.05) is 12.4 Å². The summed E-state index contributed by atoms with van der Waals surface area (Å²) in [6.45, 7) is 11.0. The largest absolute Gasteiger partial charge is 0.365 e. The molecule has 0 aliphatic heterocycles. The van der Waals surface area contributed by atoms with Gasteiger partial charge in [-0.3, -0.25) is 0 Å². The van der Waals surface area contributed by atoms with E-state index in [1.165, 1.54) is 15.6 Å². The van der Waals surface area contributed by atoms with Crippen molar-refractivity contribution >= 4 is 27.8 Å². The maximum absolute atomic E-state index is 4.86. The van der Waals surface area contributed by atoms with E-state index in [2.05, 4.69) is 50.3 Å². The first kappa shape index (κ1) is 14.5. The summed E-state index contributed by atoms with van der Waals surface area (Å²) < 4.78 is 0. The average molecular weight is 295 g/mol. The summed E-state index contributed by atoms with van der Waals surface area (Å²) in [4.78, 5) is 10.7. The van der Waals surface area contributed by atoms with Crippen LogP contribution in [-0.2, 0) is 5.41 Å². The molecular weight excluding hydrogens is 274 g/mol. The van der Waals surface area contributed by atoms with Crippen LogP contribution in [0.2, 0.25) is 0 Å². The Labute approximate surface area is 123 Å². The van der Waals surface area contributed by atoms with Crippen LogP contribution < -0.4 is 5.32 Å². The van der Waals surface area contributed by atoms with Gasteiger partial charge in [0.15, 0.2) is 5.13 Å². The highest BCUT2D eigenvalue weighted by molar-refractivity contribution is 7.17.